The Labute approximate surface area is 102 Å². The number of methoxy groups -OCH3 is 1. The summed E-state index contributed by atoms with van der Waals surface area (Å²) in [7, 11) is 1.72. The summed E-state index contributed by atoms with van der Waals surface area (Å²) in [5.41, 5.74) is 1.11. The van der Waals surface area contributed by atoms with Crippen LogP contribution in [0.3, 0.4) is 0 Å². The average Bonchev–Trinajstić information content (AvgIpc) is 2.67. The fourth-order valence-corrected chi connectivity index (χ4v) is 2.58. The van der Waals surface area contributed by atoms with E-state index in [1.165, 1.54) is 22.7 Å². The Morgan fingerprint density at radius 2 is 2.19 bits per heavy atom. The molecule has 1 aromatic heterocycles. The molecule has 1 heterocycles. The summed E-state index contributed by atoms with van der Waals surface area (Å²) in [6, 6.07) is 0. The molecule has 0 aliphatic heterocycles. The third-order valence-electron chi connectivity index (χ3n) is 2.38. The van der Waals surface area contributed by atoms with Crippen molar-refractivity contribution >= 4 is 11.3 Å². The fraction of sp³-hybridized carbons (Fsp3) is 0.750. The van der Waals surface area contributed by atoms with Crippen molar-refractivity contribution < 1.29 is 4.74 Å². The van der Waals surface area contributed by atoms with Gasteiger partial charge in [-0.25, -0.2) is 4.98 Å². The maximum Gasteiger partial charge on any atom is 0.0932 e. The quantitative estimate of drug-likeness (QED) is 0.761. The molecule has 3 nitrogen and oxygen atoms in total. The number of rotatable bonds is 8. The number of aromatic nitrogens is 1. The molecule has 0 aromatic carbocycles. The second kappa shape index (κ2) is 7.76. The standard InChI is InChI=1S/C12H22N2OS/c1-4-6-7-12-14-10(9-15-3)11(16-12)8-13-5-2/h13H,4-9H2,1-3H3. The van der Waals surface area contributed by atoms with Gasteiger partial charge in [0, 0.05) is 18.5 Å². The van der Waals surface area contributed by atoms with E-state index in [2.05, 4.69) is 24.1 Å². The summed E-state index contributed by atoms with van der Waals surface area (Å²) < 4.78 is 5.18. The third-order valence-corrected chi connectivity index (χ3v) is 3.54. The molecule has 1 N–H and O–H groups in total. The van der Waals surface area contributed by atoms with Crippen LogP contribution in [0.4, 0.5) is 0 Å². The molecule has 0 amide bonds. The first-order valence-electron chi connectivity index (χ1n) is 5.98. The van der Waals surface area contributed by atoms with E-state index in [0.29, 0.717) is 6.61 Å². The molecule has 0 saturated carbocycles. The van der Waals surface area contributed by atoms with E-state index in [1.54, 1.807) is 7.11 Å². The van der Waals surface area contributed by atoms with Gasteiger partial charge in [0.05, 0.1) is 17.3 Å². The lowest BCUT2D eigenvalue weighted by Crippen LogP contribution is -2.12. The Morgan fingerprint density at radius 3 is 2.81 bits per heavy atom. The van der Waals surface area contributed by atoms with Crippen molar-refractivity contribution in [3.05, 3.63) is 15.6 Å². The molecule has 0 saturated heterocycles. The van der Waals surface area contributed by atoms with E-state index in [-0.39, 0.29) is 0 Å². The largest absolute Gasteiger partial charge is 0.378 e. The molecule has 0 atom stereocenters. The Kier molecular flexibility index (Phi) is 6.61. The molecule has 1 aromatic rings. The van der Waals surface area contributed by atoms with Crippen LogP contribution in [0, 0.1) is 0 Å². The zero-order valence-electron chi connectivity index (χ0n) is 10.5. The second-order valence-electron chi connectivity index (χ2n) is 3.79. The first-order chi connectivity index (χ1) is 7.81. The number of hydrogen-bond acceptors (Lipinski definition) is 4. The number of thiazole rings is 1. The van der Waals surface area contributed by atoms with Crippen molar-refractivity contribution in [1.82, 2.24) is 10.3 Å². The summed E-state index contributed by atoms with van der Waals surface area (Å²) in [5, 5.41) is 4.60. The SMILES string of the molecule is CCCCc1nc(COC)c(CNCC)s1. The maximum atomic E-state index is 5.18. The topological polar surface area (TPSA) is 34.1 Å². The minimum Gasteiger partial charge on any atom is -0.378 e. The highest BCUT2D eigenvalue weighted by atomic mass is 32.1. The van der Waals surface area contributed by atoms with Crippen LogP contribution in [0.15, 0.2) is 0 Å². The average molecular weight is 242 g/mol. The molecule has 0 unspecified atom stereocenters. The van der Waals surface area contributed by atoms with Gasteiger partial charge in [0.25, 0.3) is 0 Å². The minimum atomic E-state index is 0.628. The molecular weight excluding hydrogens is 220 g/mol. The van der Waals surface area contributed by atoms with Gasteiger partial charge in [-0.15, -0.1) is 11.3 Å². The number of aryl methyl sites for hydroxylation is 1. The van der Waals surface area contributed by atoms with E-state index in [9.17, 15) is 0 Å². The van der Waals surface area contributed by atoms with Gasteiger partial charge in [-0.1, -0.05) is 20.3 Å². The van der Waals surface area contributed by atoms with Gasteiger partial charge in [-0.3, -0.25) is 0 Å². The summed E-state index contributed by atoms with van der Waals surface area (Å²) in [6.07, 6.45) is 3.55. The molecular formula is C12H22N2OS. The van der Waals surface area contributed by atoms with Crippen LogP contribution >= 0.6 is 11.3 Å². The van der Waals surface area contributed by atoms with Crippen LogP contribution in [0.5, 0.6) is 0 Å². The zero-order chi connectivity index (χ0) is 11.8. The van der Waals surface area contributed by atoms with E-state index in [1.807, 2.05) is 11.3 Å². The highest BCUT2D eigenvalue weighted by Crippen LogP contribution is 2.21. The van der Waals surface area contributed by atoms with Gasteiger partial charge in [-0.05, 0) is 19.4 Å². The van der Waals surface area contributed by atoms with Gasteiger partial charge >= 0.3 is 0 Å². The minimum absolute atomic E-state index is 0.628. The lowest BCUT2D eigenvalue weighted by Gasteiger charge is -2.00. The molecule has 4 heteroatoms. The first-order valence-corrected chi connectivity index (χ1v) is 6.80. The van der Waals surface area contributed by atoms with Gasteiger partial charge in [0.1, 0.15) is 0 Å². The lowest BCUT2D eigenvalue weighted by atomic mass is 10.3. The number of ether oxygens (including phenoxy) is 1. The van der Waals surface area contributed by atoms with Gasteiger partial charge in [0.15, 0.2) is 0 Å². The molecule has 1 rings (SSSR count). The van der Waals surface area contributed by atoms with Crippen molar-refractivity contribution in [2.45, 2.75) is 46.3 Å². The van der Waals surface area contributed by atoms with E-state index >= 15 is 0 Å². The summed E-state index contributed by atoms with van der Waals surface area (Å²) in [4.78, 5) is 5.97. The molecule has 0 bridgehead atoms. The Hall–Kier alpha value is -0.450. The molecule has 92 valence electrons. The molecule has 16 heavy (non-hydrogen) atoms. The van der Waals surface area contributed by atoms with Gasteiger partial charge in [-0.2, -0.15) is 0 Å². The van der Waals surface area contributed by atoms with Crippen molar-refractivity contribution in [2.75, 3.05) is 13.7 Å². The van der Waals surface area contributed by atoms with Gasteiger partial charge in [0.2, 0.25) is 0 Å². The summed E-state index contributed by atoms with van der Waals surface area (Å²) >= 11 is 1.83. The molecule has 0 aliphatic rings. The summed E-state index contributed by atoms with van der Waals surface area (Å²) in [5.74, 6) is 0. The zero-order valence-corrected chi connectivity index (χ0v) is 11.3. The maximum absolute atomic E-state index is 5.18. The van der Waals surface area contributed by atoms with Crippen molar-refractivity contribution in [1.29, 1.82) is 0 Å². The number of nitrogens with one attached hydrogen (secondary N) is 1. The lowest BCUT2D eigenvalue weighted by molar-refractivity contribution is 0.181. The second-order valence-corrected chi connectivity index (χ2v) is 4.96. The van der Waals surface area contributed by atoms with E-state index in [0.717, 1.165) is 25.2 Å². The number of nitrogens with zero attached hydrogens (tertiary/aromatic N) is 1. The number of unbranched alkanes of at least 4 members (excludes halogenated alkanes) is 1. The van der Waals surface area contributed by atoms with Crippen molar-refractivity contribution in [2.24, 2.45) is 0 Å². The smallest absolute Gasteiger partial charge is 0.0932 e. The Bertz CT molecular complexity index is 299. The highest BCUT2D eigenvalue weighted by molar-refractivity contribution is 7.11. The molecule has 0 spiro atoms. The van der Waals surface area contributed by atoms with Crippen LogP contribution in [0.1, 0.15) is 42.3 Å². The van der Waals surface area contributed by atoms with Crippen molar-refractivity contribution in [3.8, 4) is 0 Å². The monoisotopic (exact) mass is 242 g/mol. The number of hydrogen-bond donors (Lipinski definition) is 1. The first kappa shape index (κ1) is 13.6. The molecule has 0 aliphatic carbocycles. The third kappa shape index (κ3) is 4.20. The Morgan fingerprint density at radius 1 is 1.38 bits per heavy atom. The predicted molar refractivity (Wildman–Crippen MR) is 68.8 cm³/mol. The van der Waals surface area contributed by atoms with Gasteiger partial charge < -0.3 is 10.1 Å². The molecule has 0 radical (unpaired) electrons. The molecule has 0 fully saturated rings. The van der Waals surface area contributed by atoms with Crippen LogP contribution < -0.4 is 5.32 Å². The van der Waals surface area contributed by atoms with Crippen molar-refractivity contribution in [3.63, 3.8) is 0 Å². The van der Waals surface area contributed by atoms with Crippen LogP contribution in [-0.4, -0.2) is 18.6 Å². The Balaban J connectivity index is 2.65. The van der Waals surface area contributed by atoms with Crippen LogP contribution in [0.25, 0.3) is 0 Å². The van der Waals surface area contributed by atoms with Crippen LogP contribution in [0.2, 0.25) is 0 Å². The normalized spacial score (nSPS) is 10.9. The highest BCUT2D eigenvalue weighted by Gasteiger charge is 2.10. The summed E-state index contributed by atoms with van der Waals surface area (Å²) in [6.45, 7) is 6.87. The predicted octanol–water partition coefficient (Wildman–Crippen LogP) is 2.74. The van der Waals surface area contributed by atoms with E-state index in [4.69, 9.17) is 4.74 Å². The fourth-order valence-electron chi connectivity index (χ4n) is 1.50. The van der Waals surface area contributed by atoms with E-state index < -0.39 is 0 Å². The van der Waals surface area contributed by atoms with Crippen LogP contribution in [-0.2, 0) is 24.3 Å².